The lowest BCUT2D eigenvalue weighted by atomic mass is 10.1. The SMILES string of the molecule is CC1C=Nc2c1c(=O)[nH]c(=O)n2C. The molecule has 13 heavy (non-hydrogen) atoms. The predicted octanol–water partition coefficient (Wildman–Crippen LogP) is -0.107. The molecule has 0 saturated carbocycles. The van der Waals surface area contributed by atoms with E-state index in [1.165, 1.54) is 4.57 Å². The minimum atomic E-state index is -0.421. The van der Waals surface area contributed by atoms with Gasteiger partial charge < -0.3 is 0 Å². The summed E-state index contributed by atoms with van der Waals surface area (Å²) in [6.45, 7) is 1.87. The van der Waals surface area contributed by atoms with Crippen LogP contribution in [0.2, 0.25) is 0 Å². The van der Waals surface area contributed by atoms with E-state index in [1.807, 2.05) is 6.92 Å². The van der Waals surface area contributed by atoms with E-state index in [-0.39, 0.29) is 11.5 Å². The van der Waals surface area contributed by atoms with E-state index >= 15 is 0 Å². The van der Waals surface area contributed by atoms with Crippen LogP contribution in [0.1, 0.15) is 18.4 Å². The van der Waals surface area contributed by atoms with Gasteiger partial charge in [0.1, 0.15) is 5.82 Å². The van der Waals surface area contributed by atoms with Crippen LogP contribution in [0.15, 0.2) is 14.6 Å². The van der Waals surface area contributed by atoms with Gasteiger partial charge in [-0.05, 0) is 0 Å². The molecule has 1 atom stereocenters. The lowest BCUT2D eigenvalue weighted by molar-refractivity contribution is 0.787. The fraction of sp³-hybridized carbons (Fsp3) is 0.375. The Kier molecular flexibility index (Phi) is 1.48. The fourth-order valence-corrected chi connectivity index (χ4v) is 1.45. The first-order valence-corrected chi connectivity index (χ1v) is 3.98. The van der Waals surface area contributed by atoms with Gasteiger partial charge in [0.2, 0.25) is 0 Å². The highest BCUT2D eigenvalue weighted by atomic mass is 16.2. The van der Waals surface area contributed by atoms with Crippen molar-refractivity contribution in [2.75, 3.05) is 0 Å². The number of hydrogen-bond donors (Lipinski definition) is 1. The Morgan fingerprint density at radius 3 is 2.92 bits per heavy atom. The standard InChI is InChI=1S/C8H9N3O2/c1-4-3-9-6-5(4)7(12)10-8(13)11(6)2/h3-4H,1-2H3,(H,10,12,13). The van der Waals surface area contributed by atoms with Crippen LogP contribution in [0, 0.1) is 0 Å². The average Bonchev–Trinajstić information content (AvgIpc) is 2.44. The lowest BCUT2D eigenvalue weighted by Gasteiger charge is -2.04. The summed E-state index contributed by atoms with van der Waals surface area (Å²) in [5.41, 5.74) is -0.180. The van der Waals surface area contributed by atoms with Crippen molar-refractivity contribution in [1.82, 2.24) is 9.55 Å². The molecule has 0 saturated heterocycles. The van der Waals surface area contributed by atoms with Crippen LogP contribution in [0.4, 0.5) is 5.82 Å². The lowest BCUT2D eigenvalue weighted by Crippen LogP contribution is -2.30. The summed E-state index contributed by atoms with van der Waals surface area (Å²) in [6, 6.07) is 0. The average molecular weight is 179 g/mol. The number of H-pyrrole nitrogens is 1. The second-order valence-corrected chi connectivity index (χ2v) is 3.12. The summed E-state index contributed by atoms with van der Waals surface area (Å²) >= 11 is 0. The van der Waals surface area contributed by atoms with Crippen LogP contribution >= 0.6 is 0 Å². The van der Waals surface area contributed by atoms with E-state index in [9.17, 15) is 9.59 Å². The van der Waals surface area contributed by atoms with E-state index in [0.717, 1.165) is 0 Å². The number of aromatic amines is 1. The molecule has 1 aromatic rings. The third kappa shape index (κ3) is 0.965. The number of aliphatic imine (C=N–C) groups is 1. The van der Waals surface area contributed by atoms with Crippen LogP contribution in [-0.2, 0) is 7.05 Å². The van der Waals surface area contributed by atoms with Crippen molar-refractivity contribution in [2.24, 2.45) is 12.0 Å². The Hall–Kier alpha value is -1.65. The van der Waals surface area contributed by atoms with E-state index in [1.54, 1.807) is 13.3 Å². The van der Waals surface area contributed by atoms with Gasteiger partial charge >= 0.3 is 5.69 Å². The summed E-state index contributed by atoms with van der Waals surface area (Å²) in [7, 11) is 1.59. The Morgan fingerprint density at radius 2 is 2.23 bits per heavy atom. The number of aromatic nitrogens is 2. The molecular weight excluding hydrogens is 170 g/mol. The molecule has 1 aliphatic heterocycles. The summed E-state index contributed by atoms with van der Waals surface area (Å²) in [5, 5.41) is 0. The Labute approximate surface area is 73.8 Å². The largest absolute Gasteiger partial charge is 0.329 e. The first-order chi connectivity index (χ1) is 6.11. The van der Waals surface area contributed by atoms with Gasteiger partial charge in [-0.2, -0.15) is 0 Å². The second-order valence-electron chi connectivity index (χ2n) is 3.12. The van der Waals surface area contributed by atoms with E-state index in [0.29, 0.717) is 11.4 Å². The molecule has 0 fully saturated rings. The molecule has 0 spiro atoms. The van der Waals surface area contributed by atoms with Crippen molar-refractivity contribution in [2.45, 2.75) is 12.8 Å². The molecule has 5 heteroatoms. The molecule has 0 bridgehead atoms. The zero-order valence-corrected chi connectivity index (χ0v) is 7.37. The monoisotopic (exact) mass is 179 g/mol. The van der Waals surface area contributed by atoms with E-state index in [4.69, 9.17) is 0 Å². The molecule has 68 valence electrons. The Bertz CT molecular complexity index is 495. The molecule has 2 rings (SSSR count). The Morgan fingerprint density at radius 1 is 1.54 bits per heavy atom. The van der Waals surface area contributed by atoms with E-state index < -0.39 is 5.69 Å². The van der Waals surface area contributed by atoms with Gasteiger partial charge in [-0.15, -0.1) is 0 Å². The normalized spacial score (nSPS) is 19.1. The van der Waals surface area contributed by atoms with Gasteiger partial charge in [-0.25, -0.2) is 9.79 Å². The zero-order chi connectivity index (χ0) is 9.59. The van der Waals surface area contributed by atoms with Gasteiger partial charge in [0.05, 0.1) is 5.56 Å². The molecule has 0 radical (unpaired) electrons. The molecule has 1 aliphatic rings. The molecule has 1 unspecified atom stereocenters. The number of fused-ring (bicyclic) bond motifs is 1. The summed E-state index contributed by atoms with van der Waals surface area (Å²) in [4.78, 5) is 28.7. The van der Waals surface area contributed by atoms with Crippen molar-refractivity contribution in [3.63, 3.8) is 0 Å². The third-order valence-electron chi connectivity index (χ3n) is 2.20. The van der Waals surface area contributed by atoms with E-state index in [2.05, 4.69) is 9.98 Å². The van der Waals surface area contributed by atoms with Gasteiger partial charge in [0.25, 0.3) is 5.56 Å². The molecule has 1 aromatic heterocycles. The Balaban J connectivity index is 2.91. The summed E-state index contributed by atoms with van der Waals surface area (Å²) in [6.07, 6.45) is 1.67. The number of hydrogen-bond acceptors (Lipinski definition) is 3. The molecule has 0 aliphatic carbocycles. The molecule has 5 nitrogen and oxygen atoms in total. The van der Waals surface area contributed by atoms with Gasteiger partial charge in [0, 0.05) is 19.2 Å². The van der Waals surface area contributed by atoms with Crippen molar-refractivity contribution in [3.8, 4) is 0 Å². The molecule has 1 N–H and O–H groups in total. The molecular formula is C8H9N3O2. The summed E-state index contributed by atoms with van der Waals surface area (Å²) in [5.74, 6) is 0.465. The number of rotatable bonds is 0. The van der Waals surface area contributed by atoms with Crippen LogP contribution in [-0.4, -0.2) is 15.8 Å². The maximum atomic E-state index is 11.3. The first kappa shape index (κ1) is 7.97. The van der Waals surface area contributed by atoms with Crippen molar-refractivity contribution < 1.29 is 0 Å². The summed E-state index contributed by atoms with van der Waals surface area (Å²) < 4.78 is 1.34. The highest BCUT2D eigenvalue weighted by Crippen LogP contribution is 2.25. The minimum Gasteiger partial charge on any atom is -0.281 e. The molecule has 0 aromatic carbocycles. The van der Waals surface area contributed by atoms with Crippen molar-refractivity contribution in [3.05, 3.63) is 26.4 Å². The maximum absolute atomic E-state index is 11.3. The van der Waals surface area contributed by atoms with Crippen molar-refractivity contribution in [1.29, 1.82) is 0 Å². The second kappa shape index (κ2) is 2.42. The van der Waals surface area contributed by atoms with Gasteiger partial charge in [-0.1, -0.05) is 6.92 Å². The smallest absolute Gasteiger partial charge is 0.281 e. The van der Waals surface area contributed by atoms with Crippen LogP contribution in [0.5, 0.6) is 0 Å². The topological polar surface area (TPSA) is 67.2 Å². The fourth-order valence-electron chi connectivity index (χ4n) is 1.45. The zero-order valence-electron chi connectivity index (χ0n) is 7.37. The van der Waals surface area contributed by atoms with Crippen molar-refractivity contribution >= 4 is 12.0 Å². The number of nitrogens with zero attached hydrogens (tertiary/aromatic N) is 2. The quantitative estimate of drug-likeness (QED) is 0.604. The number of nitrogens with one attached hydrogen (secondary N) is 1. The van der Waals surface area contributed by atoms with Gasteiger partial charge in [-0.3, -0.25) is 14.3 Å². The van der Waals surface area contributed by atoms with Crippen LogP contribution in [0.25, 0.3) is 0 Å². The first-order valence-electron chi connectivity index (χ1n) is 3.98. The van der Waals surface area contributed by atoms with Crippen LogP contribution in [0.3, 0.4) is 0 Å². The molecule has 0 amide bonds. The highest BCUT2D eigenvalue weighted by molar-refractivity contribution is 5.78. The highest BCUT2D eigenvalue weighted by Gasteiger charge is 2.21. The molecule has 2 heterocycles. The predicted molar refractivity (Wildman–Crippen MR) is 48.9 cm³/mol. The third-order valence-corrected chi connectivity index (χ3v) is 2.20. The minimum absolute atomic E-state index is 0.00875. The van der Waals surface area contributed by atoms with Crippen LogP contribution < -0.4 is 11.2 Å². The van der Waals surface area contributed by atoms with Gasteiger partial charge in [0.15, 0.2) is 0 Å². The maximum Gasteiger partial charge on any atom is 0.329 e.